The molecule has 2 aliphatic rings. The molecule has 142 valence electrons. The highest BCUT2D eigenvalue weighted by Gasteiger charge is 2.42. The summed E-state index contributed by atoms with van der Waals surface area (Å²) in [5.74, 6) is 0.969. The molecular weight excluding hydrogens is 382 g/mol. The molecule has 27 heavy (non-hydrogen) atoms. The van der Waals surface area contributed by atoms with Gasteiger partial charge in [-0.25, -0.2) is 9.78 Å². The molecule has 0 aromatic carbocycles. The molecule has 4 rings (SSSR count). The lowest BCUT2D eigenvalue weighted by Crippen LogP contribution is -2.36. The third kappa shape index (κ3) is 4.41. The summed E-state index contributed by atoms with van der Waals surface area (Å²) >= 11 is 3.34. The number of carbonyl (C=O) groups excluding carboxylic acids is 2. The zero-order chi connectivity index (χ0) is 18.6. The van der Waals surface area contributed by atoms with E-state index >= 15 is 0 Å². The fourth-order valence-electron chi connectivity index (χ4n) is 3.44. The minimum absolute atomic E-state index is 0.00147. The number of carbonyl (C=O) groups is 2. The van der Waals surface area contributed by atoms with Crippen molar-refractivity contribution < 1.29 is 9.59 Å². The molecule has 0 bridgehead atoms. The highest BCUT2D eigenvalue weighted by Crippen LogP contribution is 2.33. The number of unbranched alkanes of at least 4 members (excludes halogenated alkanes) is 1. The van der Waals surface area contributed by atoms with Crippen LogP contribution in [0.4, 0.5) is 9.93 Å². The number of hydrogen-bond acceptors (Lipinski definition) is 6. The summed E-state index contributed by atoms with van der Waals surface area (Å²) in [4.78, 5) is 32.0. The lowest BCUT2D eigenvalue weighted by molar-refractivity contribution is -0.116. The van der Waals surface area contributed by atoms with Crippen LogP contribution in [0.5, 0.6) is 0 Å². The monoisotopic (exact) mass is 403 g/mol. The first-order chi connectivity index (χ1) is 13.2. The summed E-state index contributed by atoms with van der Waals surface area (Å²) in [5, 5.41) is 11.8. The van der Waals surface area contributed by atoms with Crippen LogP contribution in [0.3, 0.4) is 0 Å². The largest absolute Gasteiger partial charge is 0.332 e. The molecule has 2 aromatic heterocycles. The summed E-state index contributed by atoms with van der Waals surface area (Å²) in [6.07, 6.45) is 6.77. The van der Waals surface area contributed by atoms with E-state index in [-0.39, 0.29) is 24.0 Å². The molecule has 4 heterocycles. The van der Waals surface area contributed by atoms with E-state index in [0.717, 1.165) is 36.3 Å². The van der Waals surface area contributed by atoms with Crippen LogP contribution in [-0.2, 0) is 4.79 Å². The van der Waals surface area contributed by atoms with Gasteiger partial charge in [-0.3, -0.25) is 9.78 Å². The van der Waals surface area contributed by atoms with Gasteiger partial charge in [0.15, 0.2) is 5.13 Å². The van der Waals surface area contributed by atoms with Crippen LogP contribution in [-0.4, -0.2) is 45.0 Å². The molecule has 2 aliphatic heterocycles. The molecule has 2 saturated heterocycles. The third-order valence-electron chi connectivity index (χ3n) is 4.81. The first-order valence-corrected chi connectivity index (χ1v) is 11.0. The number of thiazole rings is 1. The van der Waals surface area contributed by atoms with Gasteiger partial charge in [-0.1, -0.05) is 6.42 Å². The standard InChI is InChI=1S/C18H21N5O2S2/c24-15(22-18-21-12(9-27-18)11-5-7-19-8-6-11)4-2-1-3-14-16-13(10-26-14)20-17(25)23-16/h5-9,13-14,16H,1-4,10H2,(H2,20,23,25)(H,21,22,24)/t13-,14+,16+/m1/s1. The molecule has 0 radical (unpaired) electrons. The van der Waals surface area contributed by atoms with E-state index in [1.165, 1.54) is 11.3 Å². The van der Waals surface area contributed by atoms with Crippen molar-refractivity contribution in [1.82, 2.24) is 20.6 Å². The van der Waals surface area contributed by atoms with E-state index < -0.39 is 0 Å². The highest BCUT2D eigenvalue weighted by molar-refractivity contribution is 8.00. The molecule has 2 fully saturated rings. The Bertz CT molecular complexity index is 813. The summed E-state index contributed by atoms with van der Waals surface area (Å²) in [6, 6.07) is 4.24. The number of fused-ring (bicyclic) bond motifs is 1. The molecule has 9 heteroatoms. The van der Waals surface area contributed by atoms with Crippen LogP contribution in [0.2, 0.25) is 0 Å². The molecule has 3 atom stereocenters. The first-order valence-electron chi connectivity index (χ1n) is 9.03. The minimum atomic E-state index is -0.0516. The van der Waals surface area contributed by atoms with E-state index in [1.807, 2.05) is 29.3 Å². The summed E-state index contributed by atoms with van der Waals surface area (Å²) in [6.45, 7) is 0. The molecule has 3 amide bonds. The predicted octanol–water partition coefficient (Wildman–Crippen LogP) is 2.87. The Balaban J connectivity index is 1.18. The Hall–Kier alpha value is -2.13. The van der Waals surface area contributed by atoms with Gasteiger partial charge in [0, 0.05) is 40.8 Å². The van der Waals surface area contributed by atoms with Crippen molar-refractivity contribution in [2.75, 3.05) is 11.1 Å². The average molecular weight is 404 g/mol. The van der Waals surface area contributed by atoms with Crippen LogP contribution in [0.25, 0.3) is 11.3 Å². The maximum atomic E-state index is 12.2. The Morgan fingerprint density at radius 2 is 2.11 bits per heavy atom. The molecule has 0 spiro atoms. The van der Waals surface area contributed by atoms with Crippen molar-refractivity contribution in [3.63, 3.8) is 0 Å². The van der Waals surface area contributed by atoms with E-state index in [2.05, 4.69) is 25.9 Å². The van der Waals surface area contributed by atoms with E-state index in [9.17, 15) is 9.59 Å². The fraction of sp³-hybridized carbons (Fsp3) is 0.444. The van der Waals surface area contributed by atoms with Crippen molar-refractivity contribution >= 4 is 40.2 Å². The van der Waals surface area contributed by atoms with Crippen molar-refractivity contribution in [2.45, 2.75) is 43.0 Å². The Morgan fingerprint density at radius 3 is 2.96 bits per heavy atom. The van der Waals surface area contributed by atoms with Gasteiger partial charge in [0.05, 0.1) is 17.8 Å². The second-order valence-corrected chi connectivity index (χ2v) is 8.82. The minimum Gasteiger partial charge on any atom is -0.332 e. The van der Waals surface area contributed by atoms with E-state index in [0.29, 0.717) is 16.8 Å². The maximum Gasteiger partial charge on any atom is 0.315 e. The van der Waals surface area contributed by atoms with Crippen LogP contribution in [0.15, 0.2) is 29.9 Å². The first kappa shape index (κ1) is 18.2. The van der Waals surface area contributed by atoms with Gasteiger partial charge in [-0.2, -0.15) is 11.8 Å². The molecule has 0 saturated carbocycles. The number of hydrogen-bond donors (Lipinski definition) is 3. The van der Waals surface area contributed by atoms with Gasteiger partial charge < -0.3 is 16.0 Å². The van der Waals surface area contributed by atoms with Crippen molar-refractivity contribution in [3.05, 3.63) is 29.9 Å². The quantitative estimate of drug-likeness (QED) is 0.488. The number of nitrogens with zero attached hydrogens (tertiary/aromatic N) is 2. The summed E-state index contributed by atoms with van der Waals surface area (Å²) in [5.41, 5.74) is 1.83. The zero-order valence-electron chi connectivity index (χ0n) is 14.7. The lowest BCUT2D eigenvalue weighted by atomic mass is 10.0. The second-order valence-electron chi connectivity index (χ2n) is 6.69. The van der Waals surface area contributed by atoms with Gasteiger partial charge in [-0.15, -0.1) is 11.3 Å². The molecule has 0 aliphatic carbocycles. The molecule has 0 unspecified atom stereocenters. The van der Waals surface area contributed by atoms with Gasteiger partial charge >= 0.3 is 6.03 Å². The Kier molecular flexibility index (Phi) is 5.58. The fourth-order valence-corrected chi connectivity index (χ4v) is 5.72. The van der Waals surface area contributed by atoms with Crippen LogP contribution in [0.1, 0.15) is 25.7 Å². The topological polar surface area (TPSA) is 96.0 Å². The van der Waals surface area contributed by atoms with Crippen molar-refractivity contribution in [1.29, 1.82) is 0 Å². The van der Waals surface area contributed by atoms with Crippen molar-refractivity contribution in [2.24, 2.45) is 0 Å². The maximum absolute atomic E-state index is 12.2. The third-order valence-corrected chi connectivity index (χ3v) is 7.07. The number of rotatable bonds is 7. The number of anilines is 1. The van der Waals surface area contributed by atoms with Gasteiger partial charge in [0.1, 0.15) is 0 Å². The number of aromatic nitrogens is 2. The Labute approximate surface area is 165 Å². The van der Waals surface area contributed by atoms with Gasteiger partial charge in [0.25, 0.3) is 0 Å². The van der Waals surface area contributed by atoms with E-state index in [1.54, 1.807) is 12.4 Å². The van der Waals surface area contributed by atoms with Crippen LogP contribution >= 0.6 is 23.1 Å². The SMILES string of the molecule is O=C(CCCC[C@@H]1SC[C@H]2NC(=O)N[C@H]12)Nc1nc(-c2ccncc2)cs1. The van der Waals surface area contributed by atoms with Crippen molar-refractivity contribution in [3.8, 4) is 11.3 Å². The number of nitrogens with one attached hydrogen (secondary N) is 3. The number of urea groups is 1. The van der Waals surface area contributed by atoms with E-state index in [4.69, 9.17) is 0 Å². The van der Waals surface area contributed by atoms with Crippen LogP contribution in [0, 0.1) is 0 Å². The Morgan fingerprint density at radius 1 is 1.26 bits per heavy atom. The summed E-state index contributed by atoms with van der Waals surface area (Å²) < 4.78 is 0. The predicted molar refractivity (Wildman–Crippen MR) is 108 cm³/mol. The average Bonchev–Trinajstić information content (AvgIpc) is 3.36. The van der Waals surface area contributed by atoms with Crippen LogP contribution < -0.4 is 16.0 Å². The second kappa shape index (κ2) is 8.26. The smallest absolute Gasteiger partial charge is 0.315 e. The molecular formula is C18H21N5O2S2. The highest BCUT2D eigenvalue weighted by atomic mass is 32.2. The lowest BCUT2D eigenvalue weighted by Gasteiger charge is -2.16. The number of thioether (sulfide) groups is 1. The number of pyridine rings is 1. The molecule has 2 aromatic rings. The molecule has 7 nitrogen and oxygen atoms in total. The molecule has 3 N–H and O–H groups in total. The summed E-state index contributed by atoms with van der Waals surface area (Å²) in [7, 11) is 0. The normalized spacial score (nSPS) is 23.6. The van der Waals surface area contributed by atoms with Gasteiger partial charge in [-0.05, 0) is 25.0 Å². The number of amides is 3. The zero-order valence-corrected chi connectivity index (χ0v) is 16.3. The van der Waals surface area contributed by atoms with Gasteiger partial charge in [0.2, 0.25) is 5.91 Å².